The number of rotatable bonds is 5. The molecule has 0 saturated carbocycles. The summed E-state index contributed by atoms with van der Waals surface area (Å²) in [5.41, 5.74) is 8.06. The SMILES string of the molecule is Cl.NC(C(=O)NCc1ccccc1-n1cccn1)C1CCOCC1. The van der Waals surface area contributed by atoms with Crippen molar-refractivity contribution in [2.75, 3.05) is 13.2 Å². The first-order valence-corrected chi connectivity index (χ1v) is 7.94. The molecule has 1 aromatic heterocycles. The molecule has 1 aromatic carbocycles. The zero-order valence-electron chi connectivity index (χ0n) is 13.4. The number of halogens is 1. The summed E-state index contributed by atoms with van der Waals surface area (Å²) < 4.78 is 7.11. The summed E-state index contributed by atoms with van der Waals surface area (Å²) in [4.78, 5) is 12.3. The maximum atomic E-state index is 12.3. The first-order chi connectivity index (χ1) is 11.3. The fourth-order valence-electron chi connectivity index (χ4n) is 2.88. The van der Waals surface area contributed by atoms with Gasteiger partial charge in [0.2, 0.25) is 5.91 Å². The second-order valence-electron chi connectivity index (χ2n) is 5.77. The van der Waals surface area contributed by atoms with Gasteiger partial charge in [0.05, 0.1) is 11.7 Å². The number of aromatic nitrogens is 2. The third-order valence-electron chi connectivity index (χ3n) is 4.27. The van der Waals surface area contributed by atoms with Gasteiger partial charge in [-0.05, 0) is 36.5 Å². The number of ether oxygens (including phenoxy) is 1. The molecular formula is C17H23ClN4O2. The Labute approximate surface area is 147 Å². The molecule has 0 bridgehead atoms. The number of carbonyl (C=O) groups excluding carboxylic acids is 1. The van der Waals surface area contributed by atoms with Gasteiger partial charge in [0, 0.05) is 32.2 Å². The molecule has 1 unspecified atom stereocenters. The van der Waals surface area contributed by atoms with Crippen LogP contribution in [0.2, 0.25) is 0 Å². The van der Waals surface area contributed by atoms with Crippen LogP contribution in [-0.4, -0.2) is 34.9 Å². The number of amides is 1. The molecular weight excluding hydrogens is 328 g/mol. The standard InChI is InChI=1S/C17H22N4O2.ClH/c18-16(13-6-10-23-11-7-13)17(22)19-12-14-4-1-2-5-15(14)21-9-3-8-20-21;/h1-5,8-9,13,16H,6-7,10-12,18H2,(H,19,22);1H. The molecule has 1 saturated heterocycles. The summed E-state index contributed by atoms with van der Waals surface area (Å²) >= 11 is 0. The maximum Gasteiger partial charge on any atom is 0.237 e. The number of hydrogen-bond donors (Lipinski definition) is 2. The largest absolute Gasteiger partial charge is 0.381 e. The molecule has 1 aliphatic heterocycles. The molecule has 3 N–H and O–H groups in total. The Morgan fingerprint density at radius 1 is 1.33 bits per heavy atom. The van der Waals surface area contributed by atoms with Gasteiger partial charge in [0.25, 0.3) is 0 Å². The topological polar surface area (TPSA) is 82.2 Å². The van der Waals surface area contributed by atoms with E-state index in [1.54, 1.807) is 10.9 Å². The van der Waals surface area contributed by atoms with Gasteiger partial charge in [-0.3, -0.25) is 4.79 Å². The van der Waals surface area contributed by atoms with Crippen molar-refractivity contribution in [3.63, 3.8) is 0 Å². The van der Waals surface area contributed by atoms with E-state index in [0.717, 1.165) is 24.1 Å². The molecule has 130 valence electrons. The number of nitrogens with two attached hydrogens (primary N) is 1. The fraction of sp³-hybridized carbons (Fsp3) is 0.412. The number of benzene rings is 1. The van der Waals surface area contributed by atoms with E-state index in [1.165, 1.54) is 0 Å². The zero-order chi connectivity index (χ0) is 16.1. The lowest BCUT2D eigenvalue weighted by atomic mass is 9.92. The first kappa shape index (κ1) is 18.4. The van der Waals surface area contributed by atoms with Crippen LogP contribution in [0.4, 0.5) is 0 Å². The predicted octanol–water partition coefficient (Wildman–Crippen LogP) is 1.66. The van der Waals surface area contributed by atoms with Gasteiger partial charge in [-0.2, -0.15) is 5.10 Å². The van der Waals surface area contributed by atoms with Gasteiger partial charge >= 0.3 is 0 Å². The van der Waals surface area contributed by atoms with Crippen molar-refractivity contribution in [1.29, 1.82) is 0 Å². The van der Waals surface area contributed by atoms with Crippen LogP contribution in [0.3, 0.4) is 0 Å². The number of nitrogens with one attached hydrogen (secondary N) is 1. The molecule has 0 spiro atoms. The predicted molar refractivity (Wildman–Crippen MR) is 94.2 cm³/mol. The van der Waals surface area contributed by atoms with Crippen LogP contribution in [0.25, 0.3) is 5.69 Å². The lowest BCUT2D eigenvalue weighted by molar-refractivity contribution is -0.124. The number of nitrogens with zero attached hydrogens (tertiary/aromatic N) is 2. The quantitative estimate of drug-likeness (QED) is 0.859. The molecule has 2 heterocycles. The molecule has 6 nitrogen and oxygen atoms in total. The third kappa shape index (κ3) is 4.35. The molecule has 2 aromatic rings. The molecule has 7 heteroatoms. The summed E-state index contributed by atoms with van der Waals surface area (Å²) in [6, 6.07) is 9.26. The van der Waals surface area contributed by atoms with Crippen LogP contribution in [0.5, 0.6) is 0 Å². The van der Waals surface area contributed by atoms with E-state index in [2.05, 4.69) is 10.4 Å². The van der Waals surface area contributed by atoms with Crippen LogP contribution < -0.4 is 11.1 Å². The second kappa shape index (κ2) is 8.82. The summed E-state index contributed by atoms with van der Waals surface area (Å²) in [5, 5.41) is 7.20. The molecule has 0 radical (unpaired) electrons. The minimum Gasteiger partial charge on any atom is -0.381 e. The third-order valence-corrected chi connectivity index (χ3v) is 4.27. The van der Waals surface area contributed by atoms with E-state index in [1.807, 2.05) is 36.5 Å². The monoisotopic (exact) mass is 350 g/mol. The van der Waals surface area contributed by atoms with Crippen LogP contribution >= 0.6 is 12.4 Å². The number of carbonyl (C=O) groups is 1. The lowest BCUT2D eigenvalue weighted by Gasteiger charge is -2.26. The second-order valence-corrected chi connectivity index (χ2v) is 5.77. The van der Waals surface area contributed by atoms with Crippen molar-refractivity contribution < 1.29 is 9.53 Å². The van der Waals surface area contributed by atoms with Gasteiger partial charge in [-0.25, -0.2) is 4.68 Å². The van der Waals surface area contributed by atoms with Crippen molar-refractivity contribution in [1.82, 2.24) is 15.1 Å². The molecule has 24 heavy (non-hydrogen) atoms. The highest BCUT2D eigenvalue weighted by atomic mass is 35.5. The highest BCUT2D eigenvalue weighted by molar-refractivity contribution is 5.85. The first-order valence-electron chi connectivity index (χ1n) is 7.94. The van der Waals surface area contributed by atoms with Crippen LogP contribution in [0, 0.1) is 5.92 Å². The highest BCUT2D eigenvalue weighted by Gasteiger charge is 2.26. The Morgan fingerprint density at radius 3 is 2.79 bits per heavy atom. The summed E-state index contributed by atoms with van der Waals surface area (Å²) in [5.74, 6) is 0.0947. The average molecular weight is 351 g/mol. The molecule has 1 fully saturated rings. The van der Waals surface area contributed by atoms with Crippen LogP contribution in [-0.2, 0) is 16.1 Å². The number of para-hydroxylation sites is 1. The van der Waals surface area contributed by atoms with Crippen LogP contribution in [0.15, 0.2) is 42.7 Å². The highest BCUT2D eigenvalue weighted by Crippen LogP contribution is 2.18. The van der Waals surface area contributed by atoms with E-state index in [9.17, 15) is 4.79 Å². The van der Waals surface area contributed by atoms with Gasteiger partial charge in [0.1, 0.15) is 0 Å². The molecule has 1 aliphatic rings. The van der Waals surface area contributed by atoms with Crippen molar-refractivity contribution in [2.24, 2.45) is 11.7 Å². The smallest absolute Gasteiger partial charge is 0.237 e. The Hall–Kier alpha value is -1.89. The summed E-state index contributed by atoms with van der Waals surface area (Å²) in [6.45, 7) is 1.81. The fourth-order valence-corrected chi connectivity index (χ4v) is 2.88. The van der Waals surface area contributed by atoms with E-state index >= 15 is 0 Å². The van der Waals surface area contributed by atoms with Gasteiger partial charge in [-0.15, -0.1) is 12.4 Å². The molecule has 3 rings (SSSR count). The van der Waals surface area contributed by atoms with Gasteiger partial charge < -0.3 is 15.8 Å². The van der Waals surface area contributed by atoms with Crippen molar-refractivity contribution >= 4 is 18.3 Å². The van der Waals surface area contributed by atoms with Crippen LogP contribution in [0.1, 0.15) is 18.4 Å². The van der Waals surface area contributed by atoms with E-state index in [0.29, 0.717) is 19.8 Å². The van der Waals surface area contributed by atoms with E-state index in [-0.39, 0.29) is 24.2 Å². The normalized spacial score (nSPS) is 16.2. The van der Waals surface area contributed by atoms with E-state index < -0.39 is 6.04 Å². The van der Waals surface area contributed by atoms with E-state index in [4.69, 9.17) is 10.5 Å². The Bertz CT molecular complexity index is 642. The number of hydrogen-bond acceptors (Lipinski definition) is 4. The van der Waals surface area contributed by atoms with Gasteiger partial charge in [0.15, 0.2) is 0 Å². The minimum atomic E-state index is -0.476. The lowest BCUT2D eigenvalue weighted by Crippen LogP contribution is -2.46. The van der Waals surface area contributed by atoms with Gasteiger partial charge in [-0.1, -0.05) is 18.2 Å². The Balaban J connectivity index is 0.00000208. The summed E-state index contributed by atoms with van der Waals surface area (Å²) in [7, 11) is 0. The molecule has 1 amide bonds. The molecule has 0 aliphatic carbocycles. The average Bonchev–Trinajstić information content (AvgIpc) is 3.14. The maximum absolute atomic E-state index is 12.3. The Morgan fingerprint density at radius 2 is 2.08 bits per heavy atom. The zero-order valence-corrected chi connectivity index (χ0v) is 14.2. The molecule has 1 atom stereocenters. The van der Waals surface area contributed by atoms with Crippen molar-refractivity contribution in [2.45, 2.75) is 25.4 Å². The summed E-state index contributed by atoms with van der Waals surface area (Å²) in [6.07, 6.45) is 5.31. The minimum absolute atomic E-state index is 0. The van der Waals surface area contributed by atoms with Crippen molar-refractivity contribution in [3.05, 3.63) is 48.3 Å². The Kier molecular flexibility index (Phi) is 6.78. The van der Waals surface area contributed by atoms with Crippen molar-refractivity contribution in [3.8, 4) is 5.69 Å².